The van der Waals surface area contributed by atoms with Crippen LogP contribution in [0.25, 0.3) is 11.0 Å². The van der Waals surface area contributed by atoms with E-state index in [4.69, 9.17) is 11.6 Å². The topological polar surface area (TPSA) is 84.3 Å². The number of hydrogen-bond donors (Lipinski definition) is 1. The summed E-state index contributed by atoms with van der Waals surface area (Å²) in [6.07, 6.45) is 0. The van der Waals surface area contributed by atoms with Crippen molar-refractivity contribution in [3.8, 4) is 0 Å². The standard InChI is InChI=1S/C27H25ClN4O3/c1-17-12-13-22(18(2)14-17)29-25(34)16-32-24-11-7-6-10-23(24)30-26(27(32)35)31(19(3)33)15-20-8-4-5-9-21(20)28/h4-14H,15-16H2,1-3H3,(H,29,34). The summed E-state index contributed by atoms with van der Waals surface area (Å²) in [5.41, 5.74) is 3.82. The molecule has 1 N–H and O–H groups in total. The highest BCUT2D eigenvalue weighted by atomic mass is 35.5. The molecule has 0 aliphatic carbocycles. The molecule has 4 aromatic rings. The zero-order valence-corrected chi connectivity index (χ0v) is 20.5. The third-order valence-electron chi connectivity index (χ3n) is 5.72. The Labute approximate surface area is 208 Å². The Morgan fingerprint density at radius 2 is 1.74 bits per heavy atom. The second kappa shape index (κ2) is 10.1. The highest BCUT2D eigenvalue weighted by Crippen LogP contribution is 2.21. The molecule has 0 aliphatic rings. The van der Waals surface area contributed by atoms with Crippen LogP contribution >= 0.6 is 11.6 Å². The Balaban J connectivity index is 1.75. The van der Waals surface area contributed by atoms with E-state index in [1.807, 2.05) is 38.1 Å². The number of hydrogen-bond acceptors (Lipinski definition) is 4. The van der Waals surface area contributed by atoms with Gasteiger partial charge in [0.15, 0.2) is 0 Å². The maximum absolute atomic E-state index is 13.6. The van der Waals surface area contributed by atoms with E-state index >= 15 is 0 Å². The molecule has 0 unspecified atom stereocenters. The third-order valence-corrected chi connectivity index (χ3v) is 6.08. The number of carbonyl (C=O) groups is 2. The first kappa shape index (κ1) is 24.2. The smallest absolute Gasteiger partial charge is 0.294 e. The number of fused-ring (bicyclic) bond motifs is 1. The van der Waals surface area contributed by atoms with Gasteiger partial charge in [-0.1, -0.05) is 59.6 Å². The number of aryl methyl sites for hydroxylation is 2. The van der Waals surface area contributed by atoms with Gasteiger partial charge in [-0.3, -0.25) is 23.9 Å². The number of nitrogens with one attached hydrogen (secondary N) is 1. The molecule has 35 heavy (non-hydrogen) atoms. The van der Waals surface area contributed by atoms with Gasteiger partial charge in [-0.15, -0.1) is 0 Å². The summed E-state index contributed by atoms with van der Waals surface area (Å²) in [5.74, 6) is -0.784. The number of carbonyl (C=O) groups excluding carboxylic acids is 2. The molecule has 1 aromatic heterocycles. The van der Waals surface area contributed by atoms with E-state index in [1.165, 1.54) is 16.4 Å². The fraction of sp³-hybridized carbons (Fsp3) is 0.185. The molecular formula is C27H25ClN4O3. The van der Waals surface area contributed by atoms with Crippen LogP contribution in [0, 0.1) is 13.8 Å². The molecule has 0 fully saturated rings. The third kappa shape index (κ3) is 5.25. The van der Waals surface area contributed by atoms with Gasteiger partial charge in [-0.25, -0.2) is 4.98 Å². The summed E-state index contributed by atoms with van der Waals surface area (Å²) in [6.45, 7) is 5.09. The second-order valence-corrected chi connectivity index (χ2v) is 8.79. The van der Waals surface area contributed by atoms with Gasteiger partial charge < -0.3 is 5.32 Å². The average molecular weight is 489 g/mol. The maximum atomic E-state index is 13.6. The van der Waals surface area contributed by atoms with Crippen LogP contribution in [0.5, 0.6) is 0 Å². The van der Waals surface area contributed by atoms with Crippen molar-refractivity contribution in [1.29, 1.82) is 0 Å². The van der Waals surface area contributed by atoms with Gasteiger partial charge in [0.05, 0.1) is 17.6 Å². The Morgan fingerprint density at radius 1 is 1.03 bits per heavy atom. The molecular weight excluding hydrogens is 464 g/mol. The van der Waals surface area contributed by atoms with Crippen LogP contribution in [0.2, 0.25) is 5.02 Å². The molecule has 0 saturated carbocycles. The Hall–Kier alpha value is -3.97. The lowest BCUT2D eigenvalue weighted by Gasteiger charge is -2.22. The van der Waals surface area contributed by atoms with E-state index in [9.17, 15) is 14.4 Å². The summed E-state index contributed by atoms with van der Waals surface area (Å²) < 4.78 is 1.35. The van der Waals surface area contributed by atoms with Gasteiger partial charge >= 0.3 is 0 Å². The van der Waals surface area contributed by atoms with Crippen molar-refractivity contribution in [2.45, 2.75) is 33.9 Å². The zero-order valence-electron chi connectivity index (χ0n) is 19.7. The molecule has 3 aromatic carbocycles. The van der Waals surface area contributed by atoms with Crippen LogP contribution in [0.3, 0.4) is 0 Å². The number of para-hydroxylation sites is 2. The van der Waals surface area contributed by atoms with Crippen LogP contribution in [0.4, 0.5) is 11.5 Å². The Kier molecular flexibility index (Phi) is 6.98. The Morgan fingerprint density at radius 3 is 2.46 bits per heavy atom. The minimum Gasteiger partial charge on any atom is -0.324 e. The van der Waals surface area contributed by atoms with Crippen LogP contribution in [-0.4, -0.2) is 21.4 Å². The average Bonchev–Trinajstić information content (AvgIpc) is 2.82. The summed E-state index contributed by atoms with van der Waals surface area (Å²) >= 11 is 6.30. The first-order chi connectivity index (χ1) is 16.7. The molecule has 1 heterocycles. The van der Waals surface area contributed by atoms with Crippen molar-refractivity contribution in [2.75, 3.05) is 10.2 Å². The van der Waals surface area contributed by atoms with Crippen molar-refractivity contribution in [2.24, 2.45) is 0 Å². The normalized spacial score (nSPS) is 10.9. The van der Waals surface area contributed by atoms with Crippen molar-refractivity contribution in [1.82, 2.24) is 9.55 Å². The first-order valence-corrected chi connectivity index (χ1v) is 11.5. The van der Waals surface area contributed by atoms with E-state index in [-0.39, 0.29) is 30.7 Å². The monoisotopic (exact) mass is 488 g/mol. The highest BCUT2D eigenvalue weighted by molar-refractivity contribution is 6.31. The zero-order chi connectivity index (χ0) is 25.1. The molecule has 0 atom stereocenters. The second-order valence-electron chi connectivity index (χ2n) is 8.38. The summed E-state index contributed by atoms with van der Waals surface area (Å²) in [4.78, 5) is 45.0. The number of aromatic nitrogens is 2. The number of amides is 2. The van der Waals surface area contributed by atoms with Crippen molar-refractivity contribution in [3.63, 3.8) is 0 Å². The van der Waals surface area contributed by atoms with Gasteiger partial charge in [0.25, 0.3) is 5.56 Å². The molecule has 7 nitrogen and oxygen atoms in total. The number of halogens is 1. The minimum absolute atomic E-state index is 0.0598. The molecule has 8 heteroatoms. The predicted molar refractivity (Wildman–Crippen MR) is 139 cm³/mol. The first-order valence-electron chi connectivity index (χ1n) is 11.1. The molecule has 0 saturated heterocycles. The number of rotatable bonds is 6. The van der Waals surface area contributed by atoms with Crippen molar-refractivity contribution < 1.29 is 9.59 Å². The van der Waals surface area contributed by atoms with E-state index in [0.717, 1.165) is 11.1 Å². The SMILES string of the molecule is CC(=O)N(Cc1ccccc1Cl)c1nc2ccccc2n(CC(=O)Nc2ccc(C)cc2C)c1=O. The summed E-state index contributed by atoms with van der Waals surface area (Å²) in [6, 6.07) is 19.9. The van der Waals surface area contributed by atoms with Gasteiger partial charge in [0.2, 0.25) is 17.6 Å². The Bertz CT molecular complexity index is 1500. The molecule has 0 bridgehead atoms. The minimum atomic E-state index is -0.540. The highest BCUT2D eigenvalue weighted by Gasteiger charge is 2.22. The van der Waals surface area contributed by atoms with E-state index in [0.29, 0.717) is 27.3 Å². The lowest BCUT2D eigenvalue weighted by atomic mass is 10.1. The van der Waals surface area contributed by atoms with Crippen molar-refractivity contribution >= 4 is 46.0 Å². The summed E-state index contributed by atoms with van der Waals surface area (Å²) in [7, 11) is 0. The van der Waals surface area contributed by atoms with Gasteiger partial charge in [-0.05, 0) is 49.2 Å². The quantitative estimate of drug-likeness (QED) is 0.420. The lowest BCUT2D eigenvalue weighted by Crippen LogP contribution is -2.38. The summed E-state index contributed by atoms with van der Waals surface area (Å²) in [5, 5.41) is 3.36. The number of benzene rings is 3. The van der Waals surface area contributed by atoms with Crippen LogP contribution in [-0.2, 0) is 22.7 Å². The maximum Gasteiger partial charge on any atom is 0.294 e. The molecule has 0 spiro atoms. The largest absolute Gasteiger partial charge is 0.324 e. The molecule has 0 radical (unpaired) electrons. The predicted octanol–water partition coefficient (Wildman–Crippen LogP) is 4.86. The molecule has 178 valence electrons. The molecule has 2 amide bonds. The van der Waals surface area contributed by atoms with Gasteiger partial charge in [0.1, 0.15) is 6.54 Å². The fourth-order valence-corrected chi connectivity index (χ4v) is 4.13. The number of anilines is 2. The van der Waals surface area contributed by atoms with Crippen LogP contribution < -0.4 is 15.8 Å². The van der Waals surface area contributed by atoms with E-state index in [2.05, 4.69) is 10.3 Å². The van der Waals surface area contributed by atoms with Gasteiger partial charge in [0, 0.05) is 17.6 Å². The van der Waals surface area contributed by atoms with Crippen LogP contribution in [0.15, 0.2) is 71.5 Å². The van der Waals surface area contributed by atoms with E-state index in [1.54, 1.807) is 42.5 Å². The van der Waals surface area contributed by atoms with Crippen molar-refractivity contribution in [3.05, 3.63) is 98.8 Å². The number of nitrogens with zero attached hydrogens (tertiary/aromatic N) is 3. The van der Waals surface area contributed by atoms with Crippen LogP contribution in [0.1, 0.15) is 23.6 Å². The molecule has 0 aliphatic heterocycles. The molecule has 4 rings (SSSR count). The van der Waals surface area contributed by atoms with Gasteiger partial charge in [-0.2, -0.15) is 0 Å². The fourth-order valence-electron chi connectivity index (χ4n) is 3.93. The lowest BCUT2D eigenvalue weighted by molar-refractivity contribution is -0.117. The van der Waals surface area contributed by atoms with E-state index < -0.39 is 5.56 Å².